The van der Waals surface area contributed by atoms with Gasteiger partial charge in [0, 0.05) is 6.04 Å². The third-order valence-corrected chi connectivity index (χ3v) is 5.66. The molecule has 1 aliphatic rings. The van der Waals surface area contributed by atoms with E-state index < -0.39 is 0 Å². The lowest BCUT2D eigenvalue weighted by molar-refractivity contribution is 0.366. The monoisotopic (exact) mass is 287 g/mol. The van der Waals surface area contributed by atoms with Crippen LogP contribution in [0.25, 0.3) is 0 Å². The number of hydrogen-bond acceptors (Lipinski definition) is 1. The maximum Gasteiger partial charge on any atom is 0.0325 e. The zero-order valence-corrected chi connectivity index (χ0v) is 14.7. The molecule has 1 atom stereocenters. The predicted molar refractivity (Wildman–Crippen MR) is 93.0 cm³/mol. The number of hydrogen-bond donors (Lipinski definition) is 1. The maximum atomic E-state index is 3.62. The van der Waals surface area contributed by atoms with Gasteiger partial charge in [0.2, 0.25) is 0 Å². The molecule has 0 spiro atoms. The summed E-state index contributed by atoms with van der Waals surface area (Å²) < 4.78 is 0. The summed E-state index contributed by atoms with van der Waals surface area (Å²) in [6, 6.07) is 2.86. The van der Waals surface area contributed by atoms with Crippen molar-refractivity contribution in [1.82, 2.24) is 5.32 Å². The van der Waals surface area contributed by atoms with E-state index in [1.54, 1.807) is 5.56 Å². The van der Waals surface area contributed by atoms with Crippen LogP contribution in [0.4, 0.5) is 0 Å². The van der Waals surface area contributed by atoms with Gasteiger partial charge in [0.25, 0.3) is 0 Å². The molecule has 1 aromatic carbocycles. The van der Waals surface area contributed by atoms with Crippen LogP contribution in [0, 0.1) is 33.6 Å². The Kier molecular flexibility index (Phi) is 5.87. The van der Waals surface area contributed by atoms with Gasteiger partial charge < -0.3 is 5.32 Å². The lowest BCUT2D eigenvalue weighted by Crippen LogP contribution is -2.22. The maximum absolute atomic E-state index is 3.62. The average molecular weight is 287 g/mol. The molecule has 1 unspecified atom stereocenters. The highest BCUT2D eigenvalue weighted by atomic mass is 14.9. The highest BCUT2D eigenvalue weighted by Gasteiger charge is 2.22. The Hall–Kier alpha value is -0.820. The molecule has 21 heavy (non-hydrogen) atoms. The third-order valence-electron chi connectivity index (χ3n) is 5.66. The molecule has 1 aliphatic carbocycles. The van der Waals surface area contributed by atoms with Gasteiger partial charge in [-0.2, -0.15) is 0 Å². The number of rotatable bonds is 4. The van der Waals surface area contributed by atoms with Gasteiger partial charge in [0.15, 0.2) is 0 Å². The van der Waals surface area contributed by atoms with Crippen molar-refractivity contribution >= 4 is 0 Å². The highest BCUT2D eigenvalue weighted by Crippen LogP contribution is 2.35. The van der Waals surface area contributed by atoms with E-state index in [0.29, 0.717) is 6.04 Å². The molecule has 1 nitrogen and oxygen atoms in total. The summed E-state index contributed by atoms with van der Waals surface area (Å²) in [6.07, 6.45) is 9.94. The molecule has 0 radical (unpaired) electrons. The van der Waals surface area contributed by atoms with Crippen LogP contribution in [0.3, 0.4) is 0 Å². The Morgan fingerprint density at radius 1 is 0.952 bits per heavy atom. The first-order valence-corrected chi connectivity index (χ1v) is 8.79. The van der Waals surface area contributed by atoms with Crippen molar-refractivity contribution in [1.29, 1.82) is 0 Å². The van der Waals surface area contributed by atoms with Crippen LogP contribution in [0.5, 0.6) is 0 Å². The standard InChI is InChI=1S/C20H33N/c1-14-12-15(2)17(4)20(16(14)3)19(21-5)13-18-10-8-6-7-9-11-18/h12,18-19,21H,6-11,13H2,1-5H3. The van der Waals surface area contributed by atoms with Gasteiger partial charge in [0.1, 0.15) is 0 Å². The Bertz CT molecular complexity index is 441. The van der Waals surface area contributed by atoms with Crippen molar-refractivity contribution < 1.29 is 0 Å². The quantitative estimate of drug-likeness (QED) is 0.717. The van der Waals surface area contributed by atoms with Crippen LogP contribution in [0.1, 0.15) is 78.8 Å². The van der Waals surface area contributed by atoms with E-state index in [-0.39, 0.29) is 0 Å². The summed E-state index contributed by atoms with van der Waals surface area (Å²) in [7, 11) is 2.14. The summed E-state index contributed by atoms with van der Waals surface area (Å²) in [4.78, 5) is 0. The zero-order chi connectivity index (χ0) is 15.4. The Morgan fingerprint density at radius 2 is 1.48 bits per heavy atom. The normalized spacial score (nSPS) is 18.5. The van der Waals surface area contributed by atoms with Crippen LogP contribution in [0.2, 0.25) is 0 Å². The second kappa shape index (κ2) is 7.45. The first kappa shape index (κ1) is 16.5. The Balaban J connectivity index is 2.24. The fourth-order valence-corrected chi connectivity index (χ4v) is 4.08. The fraction of sp³-hybridized carbons (Fsp3) is 0.700. The van der Waals surface area contributed by atoms with Gasteiger partial charge in [-0.25, -0.2) is 0 Å². The van der Waals surface area contributed by atoms with Crippen LogP contribution < -0.4 is 5.32 Å². The molecular weight excluding hydrogens is 254 g/mol. The SMILES string of the molecule is CNC(CC1CCCCCC1)c1c(C)c(C)cc(C)c1C. The van der Waals surface area contributed by atoms with Crippen LogP contribution >= 0.6 is 0 Å². The average Bonchev–Trinajstić information content (AvgIpc) is 2.73. The molecular formula is C20H33N. The first-order chi connectivity index (χ1) is 10.0. The van der Waals surface area contributed by atoms with E-state index >= 15 is 0 Å². The first-order valence-electron chi connectivity index (χ1n) is 8.79. The van der Waals surface area contributed by atoms with Crippen molar-refractivity contribution in [2.45, 2.75) is 78.7 Å². The smallest absolute Gasteiger partial charge is 0.0325 e. The van der Waals surface area contributed by atoms with Crippen molar-refractivity contribution in [2.24, 2.45) is 5.92 Å². The Morgan fingerprint density at radius 3 is 1.95 bits per heavy atom. The van der Waals surface area contributed by atoms with E-state index in [1.165, 1.54) is 67.2 Å². The van der Waals surface area contributed by atoms with Crippen LogP contribution in [-0.2, 0) is 0 Å². The Labute approximate surface area is 131 Å². The minimum absolute atomic E-state index is 0.520. The lowest BCUT2D eigenvalue weighted by atomic mass is 9.84. The summed E-state index contributed by atoms with van der Waals surface area (Å²) >= 11 is 0. The van der Waals surface area contributed by atoms with E-state index in [0.717, 1.165) is 5.92 Å². The van der Waals surface area contributed by atoms with Gasteiger partial charge in [-0.15, -0.1) is 0 Å². The largest absolute Gasteiger partial charge is 0.313 e. The molecule has 2 rings (SSSR count). The lowest BCUT2D eigenvalue weighted by Gasteiger charge is -2.27. The summed E-state index contributed by atoms with van der Waals surface area (Å²) in [5.41, 5.74) is 7.43. The molecule has 0 heterocycles. The van der Waals surface area contributed by atoms with Crippen molar-refractivity contribution in [2.75, 3.05) is 7.05 Å². The second-order valence-corrected chi connectivity index (χ2v) is 7.11. The van der Waals surface area contributed by atoms with Crippen molar-refractivity contribution in [3.05, 3.63) is 33.9 Å². The molecule has 118 valence electrons. The third kappa shape index (κ3) is 3.88. The van der Waals surface area contributed by atoms with Gasteiger partial charge in [0.05, 0.1) is 0 Å². The molecule has 1 N–H and O–H groups in total. The van der Waals surface area contributed by atoms with E-state index in [4.69, 9.17) is 0 Å². The summed E-state index contributed by atoms with van der Waals surface area (Å²) in [5, 5.41) is 3.62. The number of aryl methyl sites for hydroxylation is 2. The van der Waals surface area contributed by atoms with E-state index in [1.807, 2.05) is 0 Å². The number of benzene rings is 1. The minimum atomic E-state index is 0.520. The molecule has 1 aromatic rings. The molecule has 1 saturated carbocycles. The van der Waals surface area contributed by atoms with Gasteiger partial charge in [-0.05, 0) is 74.9 Å². The molecule has 1 heteroatoms. The zero-order valence-electron chi connectivity index (χ0n) is 14.7. The van der Waals surface area contributed by atoms with Crippen LogP contribution in [0.15, 0.2) is 6.07 Å². The van der Waals surface area contributed by atoms with Gasteiger partial charge in [-0.1, -0.05) is 44.6 Å². The van der Waals surface area contributed by atoms with E-state index in [2.05, 4.69) is 46.1 Å². The van der Waals surface area contributed by atoms with Gasteiger partial charge >= 0.3 is 0 Å². The summed E-state index contributed by atoms with van der Waals surface area (Å²) in [5.74, 6) is 0.907. The van der Waals surface area contributed by atoms with E-state index in [9.17, 15) is 0 Å². The van der Waals surface area contributed by atoms with Gasteiger partial charge in [-0.3, -0.25) is 0 Å². The topological polar surface area (TPSA) is 12.0 Å². The van der Waals surface area contributed by atoms with Crippen molar-refractivity contribution in [3.63, 3.8) is 0 Å². The molecule has 1 fully saturated rings. The summed E-state index contributed by atoms with van der Waals surface area (Å²) in [6.45, 7) is 9.11. The molecule has 0 bridgehead atoms. The molecule has 0 amide bonds. The fourth-order valence-electron chi connectivity index (χ4n) is 4.08. The number of nitrogens with one attached hydrogen (secondary N) is 1. The van der Waals surface area contributed by atoms with Crippen molar-refractivity contribution in [3.8, 4) is 0 Å². The minimum Gasteiger partial charge on any atom is -0.313 e. The molecule has 0 aromatic heterocycles. The highest BCUT2D eigenvalue weighted by molar-refractivity contribution is 5.45. The molecule has 0 saturated heterocycles. The van der Waals surface area contributed by atoms with Crippen LogP contribution in [-0.4, -0.2) is 7.05 Å². The second-order valence-electron chi connectivity index (χ2n) is 7.11. The molecule has 0 aliphatic heterocycles. The predicted octanol–water partition coefficient (Wildman–Crippen LogP) is 5.54.